The van der Waals surface area contributed by atoms with Crippen LogP contribution < -0.4 is 16.0 Å². The second-order valence-corrected chi connectivity index (χ2v) is 6.07. The van der Waals surface area contributed by atoms with Gasteiger partial charge in [0.15, 0.2) is 5.82 Å². The van der Waals surface area contributed by atoms with Crippen molar-refractivity contribution in [1.29, 1.82) is 0 Å². The van der Waals surface area contributed by atoms with Gasteiger partial charge in [-0.15, -0.1) is 0 Å². The molecule has 8 nitrogen and oxygen atoms in total. The molecule has 1 heterocycles. The Morgan fingerprint density at radius 2 is 1.56 bits per heavy atom. The number of carbonyl (C=O) groups excluding carboxylic acids is 3. The maximum atomic E-state index is 12.5. The van der Waals surface area contributed by atoms with Crippen LogP contribution >= 0.6 is 0 Å². The van der Waals surface area contributed by atoms with Crippen molar-refractivity contribution in [3.05, 3.63) is 36.1 Å². The monoisotopic (exact) mass is 342 g/mol. The molecule has 1 fully saturated rings. The van der Waals surface area contributed by atoms with Gasteiger partial charge in [0.05, 0.1) is 0 Å². The van der Waals surface area contributed by atoms with Crippen LogP contribution in [0.4, 0.5) is 17.2 Å². The van der Waals surface area contributed by atoms with Gasteiger partial charge in [0, 0.05) is 24.4 Å². The fourth-order valence-corrected chi connectivity index (χ4v) is 2.43. The van der Waals surface area contributed by atoms with Crippen LogP contribution in [-0.2, 0) is 14.4 Å². The first-order valence-corrected chi connectivity index (χ1v) is 7.83. The van der Waals surface area contributed by atoms with Gasteiger partial charge in [-0.3, -0.25) is 14.4 Å². The first-order chi connectivity index (χ1) is 11.9. The minimum atomic E-state index is -1.08. The minimum Gasteiger partial charge on any atom is -0.360 e. The molecule has 2 aromatic rings. The van der Waals surface area contributed by atoms with E-state index in [1.54, 1.807) is 37.3 Å². The molecule has 0 aliphatic heterocycles. The quantitative estimate of drug-likeness (QED) is 0.722. The van der Waals surface area contributed by atoms with E-state index in [0.717, 1.165) is 0 Å². The SMILES string of the molecule is CC(=O)Nc1ccc(NC(=O)C2(C(=O)Nc3cc(C)on3)CC2)cc1. The fourth-order valence-electron chi connectivity index (χ4n) is 2.43. The highest BCUT2D eigenvalue weighted by atomic mass is 16.5. The molecule has 0 atom stereocenters. The van der Waals surface area contributed by atoms with Gasteiger partial charge in [0.25, 0.3) is 0 Å². The normalized spacial score (nSPS) is 14.5. The second-order valence-electron chi connectivity index (χ2n) is 6.07. The van der Waals surface area contributed by atoms with Crippen molar-refractivity contribution >= 4 is 34.9 Å². The molecule has 8 heteroatoms. The van der Waals surface area contributed by atoms with Gasteiger partial charge in [-0.1, -0.05) is 5.16 Å². The average Bonchev–Trinajstić information content (AvgIpc) is 3.27. The van der Waals surface area contributed by atoms with Crippen LogP contribution in [0, 0.1) is 12.3 Å². The van der Waals surface area contributed by atoms with Crippen LogP contribution in [0.2, 0.25) is 0 Å². The number of hydrogen-bond donors (Lipinski definition) is 3. The molecule has 130 valence electrons. The van der Waals surface area contributed by atoms with E-state index in [0.29, 0.717) is 35.8 Å². The Balaban J connectivity index is 1.63. The van der Waals surface area contributed by atoms with Crippen molar-refractivity contribution in [2.75, 3.05) is 16.0 Å². The van der Waals surface area contributed by atoms with Crippen molar-refractivity contribution in [3.8, 4) is 0 Å². The Morgan fingerprint density at radius 3 is 2.04 bits per heavy atom. The lowest BCUT2D eigenvalue weighted by Gasteiger charge is -2.14. The largest absolute Gasteiger partial charge is 0.360 e. The number of anilines is 3. The molecular formula is C17H18N4O4. The molecular weight excluding hydrogens is 324 g/mol. The summed E-state index contributed by atoms with van der Waals surface area (Å²) >= 11 is 0. The second kappa shape index (κ2) is 6.39. The highest BCUT2D eigenvalue weighted by Crippen LogP contribution is 2.47. The predicted octanol–water partition coefficient (Wildman–Crippen LogP) is 2.30. The fraction of sp³-hybridized carbons (Fsp3) is 0.294. The third-order valence-electron chi connectivity index (χ3n) is 3.95. The van der Waals surface area contributed by atoms with E-state index in [-0.39, 0.29) is 11.8 Å². The number of nitrogens with one attached hydrogen (secondary N) is 3. The number of carbonyl (C=O) groups is 3. The molecule has 0 radical (unpaired) electrons. The van der Waals surface area contributed by atoms with Gasteiger partial charge in [-0.25, -0.2) is 0 Å². The summed E-state index contributed by atoms with van der Waals surface area (Å²) < 4.78 is 4.90. The Morgan fingerprint density at radius 1 is 1.00 bits per heavy atom. The lowest BCUT2D eigenvalue weighted by molar-refractivity contribution is -0.131. The smallest absolute Gasteiger partial charge is 0.241 e. The number of rotatable bonds is 5. The van der Waals surface area contributed by atoms with E-state index in [1.165, 1.54) is 6.92 Å². The molecule has 0 unspecified atom stereocenters. The Bertz CT molecular complexity index is 821. The van der Waals surface area contributed by atoms with Gasteiger partial charge in [0.1, 0.15) is 11.2 Å². The van der Waals surface area contributed by atoms with Crippen molar-refractivity contribution in [1.82, 2.24) is 5.16 Å². The number of benzene rings is 1. The summed E-state index contributed by atoms with van der Waals surface area (Å²) in [6.45, 7) is 3.13. The standard InChI is InChI=1S/C17H18N4O4/c1-10-9-14(21-25-10)20-16(24)17(7-8-17)15(23)19-13-5-3-12(4-6-13)18-11(2)22/h3-6,9H,7-8H2,1-2H3,(H,18,22)(H,19,23)(H,20,21,24). The maximum Gasteiger partial charge on any atom is 0.241 e. The molecule has 3 rings (SSSR count). The zero-order valence-corrected chi connectivity index (χ0v) is 13.9. The highest BCUT2D eigenvalue weighted by Gasteiger charge is 2.56. The summed E-state index contributed by atoms with van der Waals surface area (Å²) in [4.78, 5) is 35.9. The first kappa shape index (κ1) is 16.7. The Kier molecular flexibility index (Phi) is 4.26. The molecule has 3 amide bonds. The van der Waals surface area contributed by atoms with E-state index in [1.807, 2.05) is 0 Å². The summed E-state index contributed by atoms with van der Waals surface area (Å²) in [5.74, 6) is -0.0655. The van der Waals surface area contributed by atoms with Gasteiger partial charge in [-0.2, -0.15) is 0 Å². The van der Waals surface area contributed by atoms with Crippen LogP contribution in [0.1, 0.15) is 25.5 Å². The zero-order valence-electron chi connectivity index (χ0n) is 13.9. The topological polar surface area (TPSA) is 113 Å². The lowest BCUT2D eigenvalue weighted by Crippen LogP contribution is -2.35. The number of aromatic nitrogens is 1. The van der Waals surface area contributed by atoms with Crippen LogP contribution in [0.3, 0.4) is 0 Å². The molecule has 1 aromatic heterocycles. The van der Waals surface area contributed by atoms with E-state index in [2.05, 4.69) is 21.1 Å². The van der Waals surface area contributed by atoms with Crippen molar-refractivity contribution in [2.24, 2.45) is 5.41 Å². The minimum absolute atomic E-state index is 0.173. The van der Waals surface area contributed by atoms with Crippen molar-refractivity contribution in [2.45, 2.75) is 26.7 Å². The average molecular weight is 342 g/mol. The molecule has 0 saturated heterocycles. The number of nitrogens with zero attached hydrogens (tertiary/aromatic N) is 1. The zero-order chi connectivity index (χ0) is 18.0. The van der Waals surface area contributed by atoms with Gasteiger partial charge >= 0.3 is 0 Å². The molecule has 3 N–H and O–H groups in total. The summed E-state index contributed by atoms with van der Waals surface area (Å²) in [5, 5.41) is 11.7. The van der Waals surface area contributed by atoms with E-state index < -0.39 is 11.3 Å². The predicted molar refractivity (Wildman–Crippen MR) is 90.9 cm³/mol. The molecule has 25 heavy (non-hydrogen) atoms. The van der Waals surface area contributed by atoms with Gasteiger partial charge in [-0.05, 0) is 44.0 Å². The molecule has 1 aliphatic carbocycles. The first-order valence-electron chi connectivity index (χ1n) is 7.83. The van der Waals surface area contributed by atoms with Gasteiger partial charge in [0.2, 0.25) is 17.7 Å². The summed E-state index contributed by atoms with van der Waals surface area (Å²) in [6, 6.07) is 8.27. The van der Waals surface area contributed by atoms with Crippen molar-refractivity contribution < 1.29 is 18.9 Å². The lowest BCUT2D eigenvalue weighted by atomic mass is 10.0. The number of hydrogen-bond acceptors (Lipinski definition) is 5. The van der Waals surface area contributed by atoms with Crippen LogP contribution in [0.15, 0.2) is 34.9 Å². The third kappa shape index (κ3) is 3.68. The Labute approximate surface area is 144 Å². The van der Waals surface area contributed by atoms with E-state index >= 15 is 0 Å². The third-order valence-corrected chi connectivity index (χ3v) is 3.95. The summed E-state index contributed by atoms with van der Waals surface area (Å²) in [6.07, 6.45) is 0.955. The molecule has 1 saturated carbocycles. The number of amides is 3. The molecule has 0 bridgehead atoms. The Hall–Kier alpha value is -3.16. The van der Waals surface area contributed by atoms with Crippen LogP contribution in [-0.4, -0.2) is 22.9 Å². The molecule has 1 aliphatic rings. The summed E-state index contributed by atoms with van der Waals surface area (Å²) in [7, 11) is 0. The van der Waals surface area contributed by atoms with Crippen LogP contribution in [0.5, 0.6) is 0 Å². The van der Waals surface area contributed by atoms with E-state index in [9.17, 15) is 14.4 Å². The van der Waals surface area contributed by atoms with E-state index in [4.69, 9.17) is 4.52 Å². The molecule has 0 spiro atoms. The number of aryl methyl sites for hydroxylation is 1. The molecule has 1 aromatic carbocycles. The van der Waals surface area contributed by atoms with Gasteiger partial charge < -0.3 is 20.5 Å². The van der Waals surface area contributed by atoms with Crippen LogP contribution in [0.25, 0.3) is 0 Å². The maximum absolute atomic E-state index is 12.5. The summed E-state index contributed by atoms with van der Waals surface area (Å²) in [5.41, 5.74) is 0.102. The highest BCUT2D eigenvalue weighted by molar-refractivity contribution is 6.16. The van der Waals surface area contributed by atoms with Crippen molar-refractivity contribution in [3.63, 3.8) is 0 Å².